The van der Waals surface area contributed by atoms with Crippen molar-refractivity contribution in [3.63, 3.8) is 0 Å². The van der Waals surface area contributed by atoms with Crippen LogP contribution < -0.4 is 16.0 Å². The van der Waals surface area contributed by atoms with Gasteiger partial charge in [-0.05, 0) is 36.2 Å². The number of benzene rings is 1. The first-order valence-corrected chi connectivity index (χ1v) is 10.9. The van der Waals surface area contributed by atoms with Gasteiger partial charge in [-0.3, -0.25) is 23.7 Å². The van der Waals surface area contributed by atoms with E-state index in [4.69, 9.17) is 21.1 Å². The summed E-state index contributed by atoms with van der Waals surface area (Å²) in [5.74, 6) is 0.860. The summed E-state index contributed by atoms with van der Waals surface area (Å²) in [7, 11) is 1.56. The third-order valence-electron chi connectivity index (χ3n) is 5.29. The lowest BCUT2D eigenvalue weighted by Gasteiger charge is -2.16. The second kappa shape index (κ2) is 10.3. The number of aryl methyl sites for hydroxylation is 1. The summed E-state index contributed by atoms with van der Waals surface area (Å²) in [6, 6.07) is 10.7. The number of halogens is 1. The Morgan fingerprint density at radius 3 is 2.62 bits per heavy atom. The Morgan fingerprint density at radius 2 is 1.91 bits per heavy atom. The molecule has 0 atom stereocenters. The van der Waals surface area contributed by atoms with E-state index >= 15 is 0 Å². The predicted molar refractivity (Wildman–Crippen MR) is 126 cm³/mol. The molecule has 0 saturated heterocycles. The van der Waals surface area contributed by atoms with Gasteiger partial charge in [0.15, 0.2) is 0 Å². The van der Waals surface area contributed by atoms with Crippen LogP contribution in [0.15, 0.2) is 64.6 Å². The molecule has 0 aliphatic rings. The SMILES string of the molecule is Cn1c(=O)n(CCCOC=O)c(=O)c2c(Cc3ccc(Cl)cc3)c(Oc3cccnc3)cnc21. The molecule has 0 aliphatic carbocycles. The van der Waals surface area contributed by atoms with Gasteiger partial charge in [-0.15, -0.1) is 0 Å². The van der Waals surface area contributed by atoms with Gasteiger partial charge < -0.3 is 9.47 Å². The van der Waals surface area contributed by atoms with Gasteiger partial charge >= 0.3 is 5.69 Å². The first kappa shape index (κ1) is 23.2. The molecule has 0 aliphatic heterocycles. The van der Waals surface area contributed by atoms with Crippen molar-refractivity contribution >= 4 is 29.1 Å². The third kappa shape index (κ3) is 4.84. The maximum atomic E-state index is 13.5. The van der Waals surface area contributed by atoms with Gasteiger partial charge in [-0.25, -0.2) is 9.78 Å². The first-order valence-electron chi connectivity index (χ1n) is 10.5. The molecule has 9 nitrogen and oxygen atoms in total. The van der Waals surface area contributed by atoms with Crippen LogP contribution in [-0.4, -0.2) is 32.2 Å². The lowest BCUT2D eigenvalue weighted by molar-refractivity contribution is -0.128. The number of hydrogen-bond acceptors (Lipinski definition) is 7. The predicted octanol–water partition coefficient (Wildman–Crippen LogP) is 3.09. The number of fused-ring (bicyclic) bond motifs is 1. The fourth-order valence-corrected chi connectivity index (χ4v) is 3.77. The van der Waals surface area contributed by atoms with E-state index in [1.54, 1.807) is 43.7 Å². The van der Waals surface area contributed by atoms with Crippen LogP contribution in [0.4, 0.5) is 0 Å². The molecule has 0 N–H and O–H groups in total. The number of carbonyl (C=O) groups excluding carboxylic acids is 1. The van der Waals surface area contributed by atoms with Crippen LogP contribution in [0.25, 0.3) is 11.0 Å². The summed E-state index contributed by atoms with van der Waals surface area (Å²) >= 11 is 6.04. The highest BCUT2D eigenvalue weighted by Gasteiger charge is 2.20. The van der Waals surface area contributed by atoms with Crippen molar-refractivity contribution in [3.05, 3.63) is 92.0 Å². The minimum absolute atomic E-state index is 0.0867. The van der Waals surface area contributed by atoms with Gasteiger partial charge in [-0.2, -0.15) is 0 Å². The van der Waals surface area contributed by atoms with Crippen LogP contribution in [0.1, 0.15) is 17.5 Å². The zero-order valence-corrected chi connectivity index (χ0v) is 19.1. The van der Waals surface area contributed by atoms with Crippen LogP contribution >= 0.6 is 11.6 Å². The quantitative estimate of drug-likeness (QED) is 0.268. The zero-order chi connectivity index (χ0) is 24.1. The summed E-state index contributed by atoms with van der Waals surface area (Å²) < 4.78 is 13.2. The van der Waals surface area contributed by atoms with Crippen LogP contribution in [0.3, 0.4) is 0 Å². The van der Waals surface area contributed by atoms with E-state index in [-0.39, 0.29) is 24.2 Å². The van der Waals surface area contributed by atoms with Crippen molar-refractivity contribution in [2.24, 2.45) is 7.05 Å². The van der Waals surface area contributed by atoms with Crippen molar-refractivity contribution in [1.29, 1.82) is 0 Å². The summed E-state index contributed by atoms with van der Waals surface area (Å²) in [4.78, 5) is 45.3. The lowest BCUT2D eigenvalue weighted by atomic mass is 10.0. The Hall–Kier alpha value is -3.98. The molecule has 0 spiro atoms. The largest absolute Gasteiger partial charge is 0.468 e. The topological polar surface area (TPSA) is 105 Å². The smallest absolute Gasteiger partial charge is 0.332 e. The first-order chi connectivity index (χ1) is 16.5. The van der Waals surface area contributed by atoms with Crippen LogP contribution in [0, 0.1) is 0 Å². The Bertz CT molecular complexity index is 1430. The van der Waals surface area contributed by atoms with E-state index in [2.05, 4.69) is 9.97 Å². The molecule has 4 aromatic rings. The molecule has 174 valence electrons. The monoisotopic (exact) mass is 480 g/mol. The Morgan fingerprint density at radius 1 is 1.12 bits per heavy atom. The van der Waals surface area contributed by atoms with Crippen LogP contribution in [0.5, 0.6) is 11.5 Å². The molecule has 3 aromatic heterocycles. The summed E-state index contributed by atoms with van der Waals surface area (Å²) in [5.41, 5.74) is 0.728. The molecule has 4 rings (SSSR count). The molecule has 0 unspecified atom stereocenters. The van der Waals surface area contributed by atoms with Crippen molar-refractivity contribution in [3.8, 4) is 11.5 Å². The Balaban J connectivity index is 1.90. The molecule has 0 bridgehead atoms. The highest BCUT2D eigenvalue weighted by molar-refractivity contribution is 6.30. The average molecular weight is 481 g/mol. The Kier molecular flexibility index (Phi) is 7.03. The molecule has 0 radical (unpaired) electrons. The molecule has 3 heterocycles. The Labute approximate surface area is 199 Å². The summed E-state index contributed by atoms with van der Waals surface area (Å²) in [6.07, 6.45) is 5.34. The molecule has 1 aromatic carbocycles. The van der Waals surface area contributed by atoms with Crippen LogP contribution in [-0.2, 0) is 29.5 Å². The number of pyridine rings is 2. The van der Waals surface area contributed by atoms with E-state index in [0.29, 0.717) is 41.4 Å². The second-order valence-electron chi connectivity index (χ2n) is 7.51. The molecule has 0 amide bonds. The molecule has 0 fully saturated rings. The summed E-state index contributed by atoms with van der Waals surface area (Å²) in [6.45, 7) is 0.512. The van der Waals surface area contributed by atoms with Gasteiger partial charge in [0, 0.05) is 36.8 Å². The van der Waals surface area contributed by atoms with Gasteiger partial charge in [0.2, 0.25) is 0 Å². The molecule has 10 heteroatoms. The van der Waals surface area contributed by atoms with Gasteiger partial charge in [0.1, 0.15) is 17.1 Å². The lowest BCUT2D eigenvalue weighted by Crippen LogP contribution is -2.40. The van der Waals surface area contributed by atoms with E-state index in [0.717, 1.165) is 10.1 Å². The minimum Gasteiger partial charge on any atom is -0.468 e. The fourth-order valence-electron chi connectivity index (χ4n) is 3.65. The summed E-state index contributed by atoms with van der Waals surface area (Å²) in [5, 5.41) is 0.868. The van der Waals surface area contributed by atoms with E-state index in [1.807, 2.05) is 12.1 Å². The van der Waals surface area contributed by atoms with Crippen molar-refractivity contribution in [1.82, 2.24) is 19.1 Å². The highest BCUT2D eigenvalue weighted by Crippen LogP contribution is 2.30. The van der Waals surface area contributed by atoms with Crippen molar-refractivity contribution < 1.29 is 14.3 Å². The van der Waals surface area contributed by atoms with Gasteiger partial charge in [0.05, 0.1) is 24.4 Å². The minimum atomic E-state index is -0.505. The maximum Gasteiger partial charge on any atom is 0.332 e. The number of carbonyl (C=O) groups is 1. The standard InChI is InChI=1S/C24H21ClN4O5/c1-28-22-21(23(31)29(24(28)32)10-3-11-33-15-30)19(12-16-5-7-17(25)8-6-16)20(14-27-22)34-18-4-2-9-26-13-18/h2,4-9,13-15H,3,10-12H2,1H3. The van der Waals surface area contributed by atoms with Crippen molar-refractivity contribution in [2.45, 2.75) is 19.4 Å². The van der Waals surface area contributed by atoms with E-state index in [1.165, 1.54) is 10.8 Å². The number of aromatic nitrogens is 4. The van der Waals surface area contributed by atoms with Crippen LogP contribution in [0.2, 0.25) is 5.02 Å². The molecule has 34 heavy (non-hydrogen) atoms. The maximum absolute atomic E-state index is 13.5. The normalized spacial score (nSPS) is 10.9. The molecular formula is C24H21ClN4O5. The van der Waals surface area contributed by atoms with Gasteiger partial charge in [-0.1, -0.05) is 23.7 Å². The zero-order valence-electron chi connectivity index (χ0n) is 18.3. The molecule has 0 saturated carbocycles. The fraction of sp³-hybridized carbons (Fsp3) is 0.208. The van der Waals surface area contributed by atoms with Crippen molar-refractivity contribution in [2.75, 3.05) is 6.61 Å². The van der Waals surface area contributed by atoms with E-state index < -0.39 is 11.2 Å². The number of rotatable bonds is 9. The number of nitrogens with zero attached hydrogens (tertiary/aromatic N) is 4. The van der Waals surface area contributed by atoms with E-state index in [9.17, 15) is 14.4 Å². The van der Waals surface area contributed by atoms with Gasteiger partial charge in [0.25, 0.3) is 12.0 Å². The second-order valence-corrected chi connectivity index (χ2v) is 7.95. The molecular weight excluding hydrogens is 460 g/mol. The highest BCUT2D eigenvalue weighted by atomic mass is 35.5. The average Bonchev–Trinajstić information content (AvgIpc) is 2.85. The number of hydrogen-bond donors (Lipinski definition) is 0. The third-order valence-corrected chi connectivity index (χ3v) is 5.54. The number of ether oxygens (including phenoxy) is 2.